The largest absolute Gasteiger partial charge is 0.465 e. The van der Waals surface area contributed by atoms with Crippen LogP contribution in [0, 0.1) is 15.9 Å². The SMILES string of the molecule is O=C(Oc1cc(F)ccc1[N+](=O)[O-])/C(=C\c1ccco1)n1nnnc1-c1ccccc1. The summed E-state index contributed by atoms with van der Waals surface area (Å²) in [6.45, 7) is 0. The van der Waals surface area contributed by atoms with Crippen LogP contribution in [0.2, 0.25) is 0 Å². The molecule has 10 nitrogen and oxygen atoms in total. The number of carbonyl (C=O) groups excluding carboxylic acids is 1. The number of halogens is 1. The van der Waals surface area contributed by atoms with E-state index >= 15 is 0 Å². The summed E-state index contributed by atoms with van der Waals surface area (Å²) in [6, 6.07) is 14.5. The second kappa shape index (κ2) is 8.37. The summed E-state index contributed by atoms with van der Waals surface area (Å²) in [4.78, 5) is 23.5. The monoisotopic (exact) mass is 421 g/mol. The number of aromatic nitrogens is 4. The van der Waals surface area contributed by atoms with Crippen LogP contribution in [0.4, 0.5) is 10.1 Å². The van der Waals surface area contributed by atoms with E-state index in [9.17, 15) is 19.3 Å². The molecule has 0 saturated heterocycles. The van der Waals surface area contributed by atoms with Crippen molar-refractivity contribution in [2.24, 2.45) is 0 Å². The lowest BCUT2D eigenvalue weighted by Crippen LogP contribution is -2.18. The van der Waals surface area contributed by atoms with Gasteiger partial charge in [-0.25, -0.2) is 9.18 Å². The molecule has 0 N–H and O–H groups in total. The smallest absolute Gasteiger partial charge is 0.362 e. The molecule has 0 aliphatic rings. The molecule has 0 aliphatic carbocycles. The van der Waals surface area contributed by atoms with Crippen LogP contribution in [-0.2, 0) is 4.79 Å². The molecular formula is C20H12FN5O5. The third-order valence-corrected chi connectivity index (χ3v) is 4.08. The van der Waals surface area contributed by atoms with Crippen molar-refractivity contribution >= 4 is 23.4 Å². The van der Waals surface area contributed by atoms with E-state index in [2.05, 4.69) is 15.5 Å². The van der Waals surface area contributed by atoms with Gasteiger partial charge in [0.25, 0.3) is 0 Å². The van der Waals surface area contributed by atoms with Gasteiger partial charge in [0.05, 0.1) is 11.2 Å². The molecule has 0 aliphatic heterocycles. The number of hydrogen-bond acceptors (Lipinski definition) is 8. The van der Waals surface area contributed by atoms with Crippen molar-refractivity contribution in [3.05, 3.63) is 88.6 Å². The average Bonchev–Trinajstić information content (AvgIpc) is 3.44. The number of furan rings is 1. The Hall–Kier alpha value is -4.67. The highest BCUT2D eigenvalue weighted by molar-refractivity contribution is 6.16. The summed E-state index contributed by atoms with van der Waals surface area (Å²) in [5.41, 5.74) is -0.188. The number of tetrazole rings is 1. The van der Waals surface area contributed by atoms with Crippen molar-refractivity contribution in [3.8, 4) is 17.1 Å². The molecule has 2 heterocycles. The highest BCUT2D eigenvalue weighted by Gasteiger charge is 2.25. The summed E-state index contributed by atoms with van der Waals surface area (Å²) < 4.78 is 25.2. The molecule has 0 atom stereocenters. The van der Waals surface area contributed by atoms with Gasteiger partial charge in [-0.15, -0.1) is 5.10 Å². The summed E-state index contributed by atoms with van der Waals surface area (Å²) in [5.74, 6) is -1.94. The maximum atomic E-state index is 13.6. The lowest BCUT2D eigenvalue weighted by molar-refractivity contribution is -0.385. The Bertz CT molecular complexity index is 1270. The van der Waals surface area contributed by atoms with Crippen LogP contribution in [0.15, 0.2) is 71.3 Å². The third-order valence-electron chi connectivity index (χ3n) is 4.08. The lowest BCUT2D eigenvalue weighted by Gasteiger charge is -2.10. The standard InChI is InChI=1S/C20H12FN5O5/c21-14-8-9-16(26(28)29)18(11-14)31-20(27)17(12-15-7-4-10-30-15)25-19(22-23-24-25)13-5-2-1-3-6-13/h1-12H/b17-12+. The molecule has 0 radical (unpaired) electrons. The zero-order chi connectivity index (χ0) is 21.8. The second-order valence-electron chi connectivity index (χ2n) is 6.08. The molecule has 0 saturated carbocycles. The number of benzene rings is 2. The van der Waals surface area contributed by atoms with Gasteiger partial charge in [-0.3, -0.25) is 10.1 Å². The van der Waals surface area contributed by atoms with Crippen molar-refractivity contribution in [2.45, 2.75) is 0 Å². The molecule has 11 heteroatoms. The van der Waals surface area contributed by atoms with E-state index in [1.165, 1.54) is 12.3 Å². The molecule has 0 unspecified atom stereocenters. The number of nitro benzene ring substituents is 1. The van der Waals surface area contributed by atoms with Gasteiger partial charge in [-0.05, 0) is 28.6 Å². The summed E-state index contributed by atoms with van der Waals surface area (Å²) >= 11 is 0. The topological polar surface area (TPSA) is 126 Å². The number of hydrogen-bond donors (Lipinski definition) is 0. The number of esters is 1. The van der Waals surface area contributed by atoms with Crippen LogP contribution >= 0.6 is 0 Å². The minimum atomic E-state index is -1.06. The van der Waals surface area contributed by atoms with E-state index in [0.717, 1.165) is 22.9 Å². The van der Waals surface area contributed by atoms with Gasteiger partial charge < -0.3 is 9.15 Å². The number of nitrogens with zero attached hydrogens (tertiary/aromatic N) is 5. The van der Waals surface area contributed by atoms with E-state index in [1.54, 1.807) is 42.5 Å². The summed E-state index contributed by atoms with van der Waals surface area (Å²) in [7, 11) is 0. The maximum absolute atomic E-state index is 13.6. The molecule has 2 aromatic heterocycles. The fraction of sp³-hybridized carbons (Fsp3) is 0. The Morgan fingerprint density at radius 2 is 1.97 bits per heavy atom. The first kappa shape index (κ1) is 19.6. The fourth-order valence-corrected chi connectivity index (χ4v) is 2.70. The summed E-state index contributed by atoms with van der Waals surface area (Å²) in [6.07, 6.45) is 2.69. The van der Waals surface area contributed by atoms with Crippen LogP contribution in [0.25, 0.3) is 23.2 Å². The van der Waals surface area contributed by atoms with Gasteiger partial charge >= 0.3 is 11.7 Å². The number of rotatable bonds is 6. The molecule has 4 aromatic rings. The van der Waals surface area contributed by atoms with Gasteiger partial charge in [0, 0.05) is 23.8 Å². The van der Waals surface area contributed by atoms with Gasteiger partial charge in [0.15, 0.2) is 11.5 Å². The lowest BCUT2D eigenvalue weighted by atomic mass is 10.2. The van der Waals surface area contributed by atoms with Crippen LogP contribution in [0.1, 0.15) is 5.76 Å². The first-order chi connectivity index (χ1) is 15.0. The number of carbonyl (C=O) groups is 1. The van der Waals surface area contributed by atoms with Crippen molar-refractivity contribution in [2.75, 3.05) is 0 Å². The fourth-order valence-electron chi connectivity index (χ4n) is 2.70. The highest BCUT2D eigenvalue weighted by atomic mass is 19.1. The quantitative estimate of drug-likeness (QED) is 0.152. The van der Waals surface area contributed by atoms with Crippen molar-refractivity contribution in [1.82, 2.24) is 20.2 Å². The predicted octanol–water partition coefficient (Wildman–Crippen LogP) is 3.58. The zero-order valence-electron chi connectivity index (χ0n) is 15.6. The van der Waals surface area contributed by atoms with Crippen LogP contribution in [-0.4, -0.2) is 31.1 Å². The molecule has 0 amide bonds. The first-order valence-electron chi connectivity index (χ1n) is 8.78. The van der Waals surface area contributed by atoms with E-state index in [0.29, 0.717) is 5.56 Å². The molecule has 0 bridgehead atoms. The van der Waals surface area contributed by atoms with Crippen molar-refractivity contribution in [3.63, 3.8) is 0 Å². The molecule has 31 heavy (non-hydrogen) atoms. The number of ether oxygens (including phenoxy) is 1. The Balaban J connectivity index is 1.79. The Morgan fingerprint density at radius 1 is 1.16 bits per heavy atom. The van der Waals surface area contributed by atoms with Gasteiger partial charge in [0.2, 0.25) is 5.75 Å². The van der Waals surface area contributed by atoms with Gasteiger partial charge in [-0.1, -0.05) is 30.3 Å². The van der Waals surface area contributed by atoms with E-state index in [-0.39, 0.29) is 17.3 Å². The minimum Gasteiger partial charge on any atom is -0.465 e. The third kappa shape index (κ3) is 4.19. The molecule has 2 aromatic carbocycles. The Morgan fingerprint density at radius 3 is 2.68 bits per heavy atom. The van der Waals surface area contributed by atoms with Gasteiger partial charge in [-0.2, -0.15) is 4.68 Å². The zero-order valence-corrected chi connectivity index (χ0v) is 15.6. The molecule has 0 fully saturated rings. The molecule has 4 rings (SSSR count). The molecule has 154 valence electrons. The van der Waals surface area contributed by atoms with E-state index < -0.39 is 28.1 Å². The molecule has 0 spiro atoms. The van der Waals surface area contributed by atoms with Crippen molar-refractivity contribution < 1.29 is 23.3 Å². The molecular weight excluding hydrogens is 409 g/mol. The van der Waals surface area contributed by atoms with Crippen LogP contribution < -0.4 is 4.74 Å². The number of nitro groups is 1. The second-order valence-corrected chi connectivity index (χ2v) is 6.08. The van der Waals surface area contributed by atoms with Crippen molar-refractivity contribution in [1.29, 1.82) is 0 Å². The van der Waals surface area contributed by atoms with Gasteiger partial charge in [0.1, 0.15) is 11.6 Å². The normalized spacial score (nSPS) is 11.3. The highest BCUT2D eigenvalue weighted by Crippen LogP contribution is 2.29. The minimum absolute atomic E-state index is 0.211. The van der Waals surface area contributed by atoms with E-state index in [4.69, 9.17) is 9.15 Å². The van der Waals surface area contributed by atoms with E-state index in [1.807, 2.05) is 0 Å². The Kier molecular flexibility index (Phi) is 5.30. The maximum Gasteiger partial charge on any atom is 0.362 e. The summed E-state index contributed by atoms with van der Waals surface area (Å²) in [5, 5.41) is 22.6. The predicted molar refractivity (Wildman–Crippen MR) is 105 cm³/mol. The average molecular weight is 421 g/mol. The Labute approximate surface area is 173 Å². The van der Waals surface area contributed by atoms with Crippen LogP contribution in [0.3, 0.4) is 0 Å². The first-order valence-corrected chi connectivity index (χ1v) is 8.78. The van der Waals surface area contributed by atoms with Crippen LogP contribution in [0.5, 0.6) is 5.75 Å².